The highest BCUT2D eigenvalue weighted by atomic mass is 32.1. The highest BCUT2D eigenvalue weighted by Gasteiger charge is 2.43. The number of nitrogens with two attached hydrogens (primary N) is 2. The van der Waals surface area contributed by atoms with Crippen LogP contribution >= 0.6 is 22.7 Å². The SMILES string of the molecule is Cc1ncsc1-c1ccc(CNC(=O)[C@@H]2CCCN2C(=O)C(c2cc(OCCCCN3CCCN(c4nccc(C(=N)NC(=O)[C@@]5(C)CCCc6sc(N)c(N)c65)n4)[C@@H](C)C3)no2)C(C)C)cc1. The average molecular weight is 965 g/mol. The number of anilines is 3. The standard InChI is InChI=1S/C49H64N12O5S2/c1-29(2)39(46(63)61-22-9-11-35(61)45(62)54-26-32-13-15-33(16-14-32)42-31(4)55-28-67-42)36-25-38(58-66-36)65-24-7-6-20-59-21-10-23-60(30(3)27-59)48-53-19-17-34(56-48)43(51)57-47(64)49(5)18-8-12-37-40(49)41(50)44(52)68-37/h13-17,19,25,28-30,35,39H,6-12,18,20-24,26-27,50,52H2,1-5H3,(H,54,62)(H2,51,57,64)/t30-,35-,39?,49-/m0/s1. The molecular formula is C49H64N12O5S2. The van der Waals surface area contributed by atoms with Gasteiger partial charge >= 0.3 is 0 Å². The second kappa shape index (κ2) is 21.2. The van der Waals surface area contributed by atoms with Crippen molar-refractivity contribution in [2.75, 3.05) is 55.7 Å². The van der Waals surface area contributed by atoms with Crippen molar-refractivity contribution in [3.05, 3.63) is 81.3 Å². The summed E-state index contributed by atoms with van der Waals surface area (Å²) < 4.78 is 11.8. The van der Waals surface area contributed by atoms with E-state index in [9.17, 15) is 14.4 Å². The number of ether oxygens (including phenoxy) is 1. The molecule has 362 valence electrons. The Balaban J connectivity index is 0.780. The fraction of sp³-hybridized carbons (Fsp3) is 0.510. The zero-order chi connectivity index (χ0) is 48.1. The molecule has 0 radical (unpaired) electrons. The van der Waals surface area contributed by atoms with Gasteiger partial charge in [-0.15, -0.1) is 22.7 Å². The van der Waals surface area contributed by atoms with Gasteiger partial charge in [0.05, 0.1) is 33.8 Å². The van der Waals surface area contributed by atoms with Crippen LogP contribution in [0.3, 0.4) is 0 Å². The van der Waals surface area contributed by atoms with E-state index in [0.29, 0.717) is 66.5 Å². The molecule has 17 nitrogen and oxygen atoms in total. The van der Waals surface area contributed by atoms with Crippen molar-refractivity contribution in [2.45, 2.75) is 116 Å². The molecule has 1 aliphatic carbocycles. The van der Waals surface area contributed by atoms with E-state index in [1.54, 1.807) is 34.6 Å². The molecule has 2 fully saturated rings. The first-order valence-corrected chi connectivity index (χ1v) is 25.5. The van der Waals surface area contributed by atoms with Gasteiger partial charge in [0.15, 0.2) is 11.6 Å². The fourth-order valence-electron chi connectivity index (χ4n) is 9.92. The molecule has 7 N–H and O–H groups in total. The summed E-state index contributed by atoms with van der Waals surface area (Å²) in [5, 5.41) is 19.4. The Bertz CT molecular complexity index is 2590. The molecule has 0 bridgehead atoms. The number of hydrogen-bond donors (Lipinski definition) is 5. The molecule has 2 aliphatic heterocycles. The van der Waals surface area contributed by atoms with Gasteiger partial charge in [0.1, 0.15) is 22.7 Å². The average Bonchev–Trinajstić information content (AvgIpc) is 4.13. The number of nitrogens with zero attached hydrogens (tertiary/aromatic N) is 7. The Morgan fingerprint density at radius 3 is 2.63 bits per heavy atom. The third-order valence-electron chi connectivity index (χ3n) is 13.6. The van der Waals surface area contributed by atoms with Crippen LogP contribution < -0.4 is 31.7 Å². The lowest BCUT2D eigenvalue weighted by Crippen LogP contribution is -2.47. The van der Waals surface area contributed by atoms with Gasteiger partial charge in [0.25, 0.3) is 5.88 Å². The van der Waals surface area contributed by atoms with E-state index in [0.717, 1.165) is 96.8 Å². The summed E-state index contributed by atoms with van der Waals surface area (Å²) in [4.78, 5) is 63.5. The summed E-state index contributed by atoms with van der Waals surface area (Å²) in [7, 11) is 0. The van der Waals surface area contributed by atoms with Crippen molar-refractivity contribution in [1.82, 2.24) is 40.5 Å². The lowest BCUT2D eigenvalue weighted by molar-refractivity contribution is -0.140. The second-order valence-corrected chi connectivity index (χ2v) is 20.8. The Labute approximate surface area is 405 Å². The minimum atomic E-state index is -0.888. The van der Waals surface area contributed by atoms with Crippen molar-refractivity contribution < 1.29 is 23.6 Å². The predicted molar refractivity (Wildman–Crippen MR) is 266 cm³/mol. The maximum absolute atomic E-state index is 14.1. The first-order valence-electron chi connectivity index (χ1n) is 23.8. The number of rotatable bonds is 16. The molecule has 19 heteroatoms. The maximum atomic E-state index is 14.1. The van der Waals surface area contributed by atoms with Crippen LogP contribution in [0.5, 0.6) is 5.88 Å². The monoisotopic (exact) mass is 964 g/mol. The van der Waals surface area contributed by atoms with E-state index in [2.05, 4.69) is 42.5 Å². The number of benzene rings is 1. The number of fused-ring (bicyclic) bond motifs is 1. The molecule has 4 aromatic heterocycles. The molecule has 2 saturated heterocycles. The molecule has 3 aliphatic rings. The molecule has 8 rings (SSSR count). The van der Waals surface area contributed by atoms with Crippen LogP contribution in [0.2, 0.25) is 0 Å². The van der Waals surface area contributed by atoms with Crippen LogP contribution in [0.1, 0.15) is 112 Å². The molecule has 0 spiro atoms. The van der Waals surface area contributed by atoms with Gasteiger partial charge in [0.2, 0.25) is 23.7 Å². The van der Waals surface area contributed by atoms with Crippen LogP contribution in [-0.2, 0) is 32.8 Å². The van der Waals surface area contributed by atoms with Crippen LogP contribution in [0.4, 0.5) is 16.6 Å². The lowest BCUT2D eigenvalue weighted by atomic mass is 9.72. The number of nitrogens with one attached hydrogen (secondary N) is 3. The molecule has 68 heavy (non-hydrogen) atoms. The van der Waals surface area contributed by atoms with Crippen LogP contribution in [0, 0.1) is 18.3 Å². The minimum absolute atomic E-state index is 0.0792. The zero-order valence-electron chi connectivity index (χ0n) is 39.7. The summed E-state index contributed by atoms with van der Waals surface area (Å²) in [6.07, 6.45) is 7.91. The van der Waals surface area contributed by atoms with Gasteiger partial charge in [-0.1, -0.05) is 38.1 Å². The smallest absolute Gasteiger partial charge is 0.254 e. The van der Waals surface area contributed by atoms with Crippen molar-refractivity contribution in [3.63, 3.8) is 0 Å². The fourth-order valence-corrected chi connectivity index (χ4v) is 11.9. The summed E-state index contributed by atoms with van der Waals surface area (Å²) in [6, 6.07) is 11.1. The van der Waals surface area contributed by atoms with Gasteiger partial charge in [-0.05, 0) is 113 Å². The van der Waals surface area contributed by atoms with Crippen molar-refractivity contribution >= 4 is 62.9 Å². The number of hydrogen-bond acceptors (Lipinski definition) is 16. The van der Waals surface area contributed by atoms with Gasteiger partial charge in [-0.2, -0.15) is 0 Å². The summed E-state index contributed by atoms with van der Waals surface area (Å²) in [6.45, 7) is 14.7. The number of carbonyl (C=O) groups excluding carboxylic acids is 3. The summed E-state index contributed by atoms with van der Waals surface area (Å²) >= 11 is 3.05. The van der Waals surface area contributed by atoms with E-state index in [4.69, 9.17) is 31.1 Å². The second-order valence-electron chi connectivity index (χ2n) is 18.8. The highest BCUT2D eigenvalue weighted by molar-refractivity contribution is 7.16. The number of aryl methyl sites for hydroxylation is 2. The van der Waals surface area contributed by atoms with E-state index >= 15 is 0 Å². The van der Waals surface area contributed by atoms with E-state index in [1.807, 2.05) is 57.5 Å². The Morgan fingerprint density at radius 2 is 1.87 bits per heavy atom. The van der Waals surface area contributed by atoms with Gasteiger partial charge < -0.3 is 46.1 Å². The molecule has 3 amide bonds. The quantitative estimate of drug-likeness (QED) is 0.0396. The normalized spacial score (nSPS) is 20.2. The Hall–Kier alpha value is -5.92. The molecule has 1 unspecified atom stereocenters. The summed E-state index contributed by atoms with van der Waals surface area (Å²) in [5.74, 6) is -0.0607. The van der Waals surface area contributed by atoms with Gasteiger partial charge in [0, 0.05) is 54.9 Å². The molecule has 5 aromatic rings. The van der Waals surface area contributed by atoms with Gasteiger partial charge in [-0.25, -0.2) is 15.0 Å². The lowest BCUT2D eigenvalue weighted by Gasteiger charge is -2.33. The number of aromatic nitrogens is 4. The predicted octanol–water partition coefficient (Wildman–Crippen LogP) is 6.66. The van der Waals surface area contributed by atoms with E-state index in [1.165, 1.54) is 11.3 Å². The molecule has 4 atom stereocenters. The number of carbonyl (C=O) groups is 3. The number of nitrogen functional groups attached to an aromatic ring is 2. The first kappa shape index (κ1) is 48.5. The number of unbranched alkanes of at least 4 members (excludes halogenated alkanes) is 1. The van der Waals surface area contributed by atoms with Crippen molar-refractivity contribution in [3.8, 4) is 16.3 Å². The van der Waals surface area contributed by atoms with Crippen LogP contribution in [0.15, 0.2) is 52.6 Å². The number of thiophene rings is 1. The largest absolute Gasteiger partial charge is 0.476 e. The van der Waals surface area contributed by atoms with E-state index in [-0.39, 0.29) is 35.5 Å². The Kier molecular flexibility index (Phi) is 15.1. The molecule has 1 aromatic carbocycles. The molecule has 0 saturated carbocycles. The Morgan fingerprint density at radius 1 is 1.06 bits per heavy atom. The first-order chi connectivity index (χ1) is 32.7. The van der Waals surface area contributed by atoms with Crippen LogP contribution in [-0.4, -0.2) is 105 Å². The van der Waals surface area contributed by atoms with Crippen molar-refractivity contribution in [1.29, 1.82) is 5.41 Å². The summed E-state index contributed by atoms with van der Waals surface area (Å²) in [5.41, 5.74) is 18.1. The number of amidine groups is 1. The highest BCUT2D eigenvalue weighted by Crippen LogP contribution is 2.47. The molecule has 6 heterocycles. The number of amides is 3. The van der Waals surface area contributed by atoms with E-state index < -0.39 is 17.4 Å². The number of likely N-dealkylation sites (tertiary alicyclic amines) is 1. The van der Waals surface area contributed by atoms with Crippen LogP contribution in [0.25, 0.3) is 10.4 Å². The third-order valence-corrected chi connectivity index (χ3v) is 15.7. The zero-order valence-corrected chi connectivity index (χ0v) is 41.3. The maximum Gasteiger partial charge on any atom is 0.254 e. The minimum Gasteiger partial charge on any atom is -0.476 e. The topological polar surface area (TPSA) is 235 Å². The number of thiazole rings is 1. The molecular weight excluding hydrogens is 901 g/mol. The van der Waals surface area contributed by atoms with Crippen molar-refractivity contribution in [2.24, 2.45) is 5.92 Å². The third kappa shape index (κ3) is 10.5. The van der Waals surface area contributed by atoms with Gasteiger partial charge in [-0.3, -0.25) is 19.8 Å².